The molecular formula is C19H10F3N3O4. The highest BCUT2D eigenvalue weighted by Crippen LogP contribution is 2.37. The van der Waals surface area contributed by atoms with Gasteiger partial charge >= 0.3 is 12.1 Å². The van der Waals surface area contributed by atoms with Crippen molar-refractivity contribution in [3.05, 3.63) is 59.3 Å². The Morgan fingerprint density at radius 2 is 1.83 bits per heavy atom. The third kappa shape index (κ3) is 3.14. The van der Waals surface area contributed by atoms with E-state index in [1.807, 2.05) is 0 Å². The number of pyridine rings is 1. The Kier molecular flexibility index (Phi) is 4.00. The second-order valence-corrected chi connectivity index (χ2v) is 6.24. The van der Waals surface area contributed by atoms with Crippen molar-refractivity contribution >= 4 is 45.6 Å². The topological polar surface area (TPSA) is 108 Å². The monoisotopic (exact) mass is 401 g/mol. The summed E-state index contributed by atoms with van der Waals surface area (Å²) in [5.74, 6) is -3.06. The van der Waals surface area contributed by atoms with Crippen LogP contribution in [0.4, 0.5) is 30.4 Å². The van der Waals surface area contributed by atoms with Crippen molar-refractivity contribution in [1.82, 2.24) is 4.98 Å². The van der Waals surface area contributed by atoms with Crippen molar-refractivity contribution in [2.45, 2.75) is 6.18 Å². The molecule has 4 rings (SSSR count). The maximum Gasteiger partial charge on any atom is 0.416 e. The van der Waals surface area contributed by atoms with E-state index >= 15 is 0 Å². The predicted octanol–water partition coefficient (Wildman–Crippen LogP) is 3.83. The van der Waals surface area contributed by atoms with Crippen molar-refractivity contribution in [1.29, 1.82) is 0 Å². The maximum absolute atomic E-state index is 13.0. The molecular weight excluding hydrogens is 391 g/mol. The van der Waals surface area contributed by atoms with Gasteiger partial charge in [-0.15, -0.1) is 0 Å². The number of carboxylic acid groups (broad SMARTS) is 1. The number of hydrogen-bond acceptors (Lipinski definition) is 5. The zero-order valence-electron chi connectivity index (χ0n) is 14.3. The maximum atomic E-state index is 13.0. The van der Waals surface area contributed by atoms with Crippen LogP contribution < -0.4 is 10.6 Å². The lowest BCUT2D eigenvalue weighted by atomic mass is 10.0. The summed E-state index contributed by atoms with van der Waals surface area (Å²) in [5, 5.41) is 14.9. The molecule has 7 nitrogen and oxygen atoms in total. The summed E-state index contributed by atoms with van der Waals surface area (Å²) >= 11 is 0. The number of amides is 1. The van der Waals surface area contributed by atoms with Gasteiger partial charge in [-0.1, -0.05) is 12.1 Å². The third-order valence-electron chi connectivity index (χ3n) is 4.36. The SMILES string of the molecule is O=C1Nc2c(nc(Nc3cccc(C(F)(F)F)c3)c3cc(C(=O)O)ccc23)C1=O. The van der Waals surface area contributed by atoms with Gasteiger partial charge in [-0.3, -0.25) is 9.59 Å². The average Bonchev–Trinajstić information content (AvgIpc) is 2.95. The van der Waals surface area contributed by atoms with E-state index in [0.29, 0.717) is 5.39 Å². The molecule has 0 bridgehead atoms. The Balaban J connectivity index is 1.91. The predicted molar refractivity (Wildman–Crippen MR) is 96.4 cm³/mol. The van der Waals surface area contributed by atoms with Crippen LogP contribution >= 0.6 is 0 Å². The molecule has 1 aromatic heterocycles. The fourth-order valence-electron chi connectivity index (χ4n) is 3.02. The second kappa shape index (κ2) is 6.30. The Hall–Kier alpha value is -3.95. The minimum absolute atomic E-state index is 0.0269. The van der Waals surface area contributed by atoms with Crippen LogP contribution in [0.15, 0.2) is 42.5 Å². The van der Waals surface area contributed by atoms with Gasteiger partial charge in [0.05, 0.1) is 16.8 Å². The van der Waals surface area contributed by atoms with Crippen molar-refractivity contribution in [2.24, 2.45) is 0 Å². The minimum Gasteiger partial charge on any atom is -0.478 e. The number of alkyl halides is 3. The van der Waals surface area contributed by atoms with E-state index in [0.717, 1.165) is 12.1 Å². The first-order valence-corrected chi connectivity index (χ1v) is 8.16. The molecule has 0 radical (unpaired) electrons. The Morgan fingerprint density at radius 3 is 2.52 bits per heavy atom. The number of nitrogens with one attached hydrogen (secondary N) is 2. The van der Waals surface area contributed by atoms with Crippen LogP contribution in [0, 0.1) is 0 Å². The molecule has 0 saturated carbocycles. The number of ketones is 1. The molecule has 3 aromatic rings. The van der Waals surface area contributed by atoms with Crippen LogP contribution in [-0.4, -0.2) is 27.8 Å². The summed E-state index contributed by atoms with van der Waals surface area (Å²) in [6.45, 7) is 0. The molecule has 2 aromatic carbocycles. The highest BCUT2D eigenvalue weighted by molar-refractivity contribution is 6.52. The van der Waals surface area contributed by atoms with Crippen molar-refractivity contribution < 1.29 is 32.7 Å². The summed E-state index contributed by atoms with van der Waals surface area (Å²) < 4.78 is 38.9. The lowest BCUT2D eigenvalue weighted by Crippen LogP contribution is -2.13. The molecule has 10 heteroatoms. The number of benzene rings is 2. The lowest BCUT2D eigenvalue weighted by molar-refractivity contribution is -0.137. The molecule has 1 aliphatic heterocycles. The zero-order chi connectivity index (χ0) is 20.9. The van der Waals surface area contributed by atoms with Gasteiger partial charge in [0.2, 0.25) is 0 Å². The van der Waals surface area contributed by atoms with Crippen LogP contribution in [0.3, 0.4) is 0 Å². The molecule has 1 aliphatic rings. The van der Waals surface area contributed by atoms with E-state index < -0.39 is 29.4 Å². The first kappa shape index (κ1) is 18.4. The molecule has 1 amide bonds. The summed E-state index contributed by atoms with van der Waals surface area (Å²) in [6, 6.07) is 8.25. The molecule has 0 aliphatic carbocycles. The van der Waals surface area contributed by atoms with Crippen molar-refractivity contribution in [2.75, 3.05) is 10.6 Å². The first-order chi connectivity index (χ1) is 13.6. The van der Waals surface area contributed by atoms with Gasteiger partial charge in [-0.25, -0.2) is 9.78 Å². The molecule has 0 atom stereocenters. The number of halogens is 3. The number of Topliss-reactive ketones (excluding diaryl/α,β-unsaturated/α-hetero) is 1. The van der Waals surface area contributed by atoms with Gasteiger partial charge in [0, 0.05) is 16.5 Å². The van der Waals surface area contributed by atoms with Crippen molar-refractivity contribution in [3.8, 4) is 0 Å². The molecule has 0 saturated heterocycles. The third-order valence-corrected chi connectivity index (χ3v) is 4.36. The summed E-state index contributed by atoms with van der Waals surface area (Å²) in [6.07, 6.45) is -4.56. The van der Waals surface area contributed by atoms with Gasteiger partial charge in [0.25, 0.3) is 11.7 Å². The molecule has 29 heavy (non-hydrogen) atoms. The normalized spacial score (nSPS) is 13.3. The number of carboxylic acids is 1. The van der Waals surface area contributed by atoms with Crippen LogP contribution in [-0.2, 0) is 11.0 Å². The van der Waals surface area contributed by atoms with Crippen LogP contribution in [0.2, 0.25) is 0 Å². The van der Waals surface area contributed by atoms with Crippen molar-refractivity contribution in [3.63, 3.8) is 0 Å². The minimum atomic E-state index is -4.56. The van der Waals surface area contributed by atoms with Gasteiger partial charge in [0.1, 0.15) is 11.5 Å². The van der Waals surface area contributed by atoms with Gasteiger partial charge in [-0.05, 0) is 30.3 Å². The van der Waals surface area contributed by atoms with E-state index in [1.165, 1.54) is 30.3 Å². The van der Waals surface area contributed by atoms with E-state index in [9.17, 15) is 32.7 Å². The smallest absolute Gasteiger partial charge is 0.416 e. The van der Waals surface area contributed by atoms with E-state index in [2.05, 4.69) is 15.6 Å². The summed E-state index contributed by atoms with van der Waals surface area (Å²) in [5.41, 5.74) is -1.03. The number of rotatable bonds is 3. The molecule has 3 N–H and O–H groups in total. The largest absolute Gasteiger partial charge is 0.478 e. The van der Waals surface area contributed by atoms with Gasteiger partial charge in [0.15, 0.2) is 0 Å². The highest BCUT2D eigenvalue weighted by atomic mass is 19.4. The number of fused-ring (bicyclic) bond motifs is 3. The Bertz CT molecular complexity index is 1220. The number of carbonyl (C=O) groups is 3. The molecule has 0 fully saturated rings. The fourth-order valence-corrected chi connectivity index (χ4v) is 3.02. The molecule has 0 unspecified atom stereocenters. The number of nitrogens with zero attached hydrogens (tertiary/aromatic N) is 1. The Labute approximate surface area is 160 Å². The van der Waals surface area contributed by atoms with Crippen LogP contribution in [0.1, 0.15) is 26.4 Å². The fraction of sp³-hybridized carbons (Fsp3) is 0.0526. The molecule has 2 heterocycles. The number of aromatic carboxylic acids is 1. The van der Waals surface area contributed by atoms with E-state index in [-0.39, 0.29) is 33.8 Å². The molecule has 0 spiro atoms. The summed E-state index contributed by atoms with van der Waals surface area (Å²) in [4.78, 5) is 39.2. The second-order valence-electron chi connectivity index (χ2n) is 6.24. The molecule has 146 valence electrons. The quantitative estimate of drug-likeness (QED) is 0.576. The van der Waals surface area contributed by atoms with Crippen LogP contribution in [0.5, 0.6) is 0 Å². The van der Waals surface area contributed by atoms with E-state index in [4.69, 9.17) is 0 Å². The van der Waals surface area contributed by atoms with Gasteiger partial charge < -0.3 is 15.7 Å². The van der Waals surface area contributed by atoms with Gasteiger partial charge in [-0.2, -0.15) is 13.2 Å². The standard InChI is InChI=1S/C19H10F3N3O4/c20-19(21,22)9-2-1-3-10(7-9)23-16-12-6-8(18(28)29)4-5-11(12)13-14(24-16)15(26)17(27)25-13/h1-7H,(H,23,24)(H,28,29)(H,25,26,27). The highest BCUT2D eigenvalue weighted by Gasteiger charge is 2.33. The Morgan fingerprint density at radius 1 is 1.07 bits per heavy atom. The number of anilines is 3. The zero-order valence-corrected chi connectivity index (χ0v) is 14.3. The summed E-state index contributed by atoms with van der Waals surface area (Å²) in [7, 11) is 0. The number of carbonyl (C=O) groups excluding carboxylic acids is 2. The number of hydrogen-bond donors (Lipinski definition) is 3. The first-order valence-electron chi connectivity index (χ1n) is 8.16. The number of aromatic nitrogens is 1. The average molecular weight is 401 g/mol. The van der Waals surface area contributed by atoms with E-state index in [1.54, 1.807) is 0 Å². The lowest BCUT2D eigenvalue weighted by Gasteiger charge is -2.14. The van der Waals surface area contributed by atoms with Crippen LogP contribution in [0.25, 0.3) is 10.8 Å².